The molecule has 24 heavy (non-hydrogen) atoms. The number of rotatable bonds is 7. The topological polar surface area (TPSA) is 121 Å². The van der Waals surface area contributed by atoms with E-state index in [1.54, 1.807) is 0 Å². The van der Waals surface area contributed by atoms with Crippen molar-refractivity contribution in [3.05, 3.63) is 28.4 Å². The summed E-state index contributed by atoms with van der Waals surface area (Å²) in [4.78, 5) is 29.3. The van der Waals surface area contributed by atoms with Gasteiger partial charge in [0.1, 0.15) is 5.69 Å². The molecule has 1 aliphatic rings. The van der Waals surface area contributed by atoms with Gasteiger partial charge in [0, 0.05) is 18.3 Å². The normalized spacial score (nSPS) is 21.4. The molecule has 0 aliphatic heterocycles. The first-order valence-electron chi connectivity index (χ1n) is 8.25. The van der Waals surface area contributed by atoms with Gasteiger partial charge >= 0.3 is 0 Å². The zero-order valence-corrected chi connectivity index (χ0v) is 14.6. The minimum atomic E-state index is -3.27. The molecule has 1 aromatic rings. The first-order valence-corrected chi connectivity index (χ1v) is 9.90. The van der Waals surface area contributed by atoms with Gasteiger partial charge in [0.05, 0.1) is 11.9 Å². The molecule has 1 aliphatic carbocycles. The average Bonchev–Trinajstić information content (AvgIpc) is 2.53. The van der Waals surface area contributed by atoms with Crippen LogP contribution in [0.15, 0.2) is 17.2 Å². The lowest BCUT2D eigenvalue weighted by molar-refractivity contribution is 0.0919. The summed E-state index contributed by atoms with van der Waals surface area (Å²) in [7, 11) is -3.27. The molecule has 1 heterocycles. The summed E-state index contributed by atoms with van der Waals surface area (Å²) in [6.07, 6.45) is 6.75. The summed E-state index contributed by atoms with van der Waals surface area (Å²) < 4.78 is 26.7. The highest BCUT2D eigenvalue weighted by atomic mass is 32.2. The summed E-state index contributed by atoms with van der Waals surface area (Å²) in [6.45, 7) is 1.95. The van der Waals surface area contributed by atoms with Gasteiger partial charge in [-0.25, -0.2) is 18.1 Å². The Morgan fingerprint density at radius 3 is 2.79 bits per heavy atom. The Kier molecular flexibility index (Phi) is 6.50. The molecule has 0 spiro atoms. The number of carbonyl (C=O) groups is 1. The predicted molar refractivity (Wildman–Crippen MR) is 90.2 cm³/mol. The van der Waals surface area contributed by atoms with E-state index in [1.165, 1.54) is 6.20 Å². The van der Waals surface area contributed by atoms with Gasteiger partial charge in [-0.2, -0.15) is 0 Å². The monoisotopic (exact) mass is 356 g/mol. The number of sulfonamides is 1. The second-order valence-electron chi connectivity index (χ2n) is 6.12. The maximum absolute atomic E-state index is 12.1. The first kappa shape index (κ1) is 18.6. The molecule has 1 aromatic heterocycles. The van der Waals surface area contributed by atoms with Gasteiger partial charge < -0.3 is 10.3 Å². The number of H-pyrrole nitrogens is 1. The molecule has 1 amide bonds. The number of unbranched alkanes of at least 4 members (excludes halogenated alkanes) is 1. The number of hydrogen-bond donors (Lipinski definition) is 3. The average molecular weight is 356 g/mol. The smallest absolute Gasteiger partial charge is 0.271 e. The second-order valence-corrected chi connectivity index (χ2v) is 7.99. The molecule has 0 aromatic carbocycles. The molecule has 0 saturated heterocycles. The molecule has 8 nitrogen and oxygen atoms in total. The van der Waals surface area contributed by atoms with Crippen LogP contribution < -0.4 is 15.6 Å². The van der Waals surface area contributed by atoms with Crippen molar-refractivity contribution in [2.45, 2.75) is 57.5 Å². The Balaban J connectivity index is 1.89. The van der Waals surface area contributed by atoms with Gasteiger partial charge in [-0.15, -0.1) is 0 Å². The van der Waals surface area contributed by atoms with Crippen LogP contribution in [-0.2, 0) is 10.0 Å². The Hall–Kier alpha value is -1.74. The van der Waals surface area contributed by atoms with Crippen molar-refractivity contribution in [2.75, 3.05) is 5.75 Å². The molecular formula is C15H24N4O4S. The Bertz CT molecular complexity index is 696. The highest BCUT2D eigenvalue weighted by Crippen LogP contribution is 2.19. The maximum Gasteiger partial charge on any atom is 0.271 e. The van der Waals surface area contributed by atoms with E-state index < -0.39 is 10.0 Å². The zero-order chi connectivity index (χ0) is 17.6. The third kappa shape index (κ3) is 5.72. The fourth-order valence-electron chi connectivity index (χ4n) is 2.80. The van der Waals surface area contributed by atoms with Gasteiger partial charge in [-0.05, 0) is 32.1 Å². The number of carbonyl (C=O) groups excluding carboxylic acids is 1. The second kappa shape index (κ2) is 8.39. The minimum absolute atomic E-state index is 0.112. The maximum atomic E-state index is 12.1. The van der Waals surface area contributed by atoms with E-state index in [0.717, 1.165) is 31.9 Å². The van der Waals surface area contributed by atoms with Gasteiger partial charge in [0.25, 0.3) is 11.5 Å². The molecule has 2 rings (SSSR count). The number of aromatic nitrogens is 2. The Morgan fingerprint density at radius 2 is 2.12 bits per heavy atom. The van der Waals surface area contributed by atoms with Crippen molar-refractivity contribution >= 4 is 15.9 Å². The molecule has 9 heteroatoms. The Morgan fingerprint density at radius 1 is 1.38 bits per heavy atom. The van der Waals surface area contributed by atoms with Crippen molar-refractivity contribution in [1.29, 1.82) is 0 Å². The minimum Gasteiger partial charge on any atom is -0.348 e. The van der Waals surface area contributed by atoms with Crippen molar-refractivity contribution < 1.29 is 13.2 Å². The lowest BCUT2D eigenvalue weighted by Gasteiger charge is -2.30. The van der Waals surface area contributed by atoms with E-state index in [4.69, 9.17) is 0 Å². The lowest BCUT2D eigenvalue weighted by atomic mass is 9.91. The standard InChI is InChI=1S/C15H24N4O4S/c1-2-3-7-24(22,23)19-12-6-4-5-11(8-12)18-15(21)13-9-17-14(20)10-16-13/h9-12,19H,2-8H2,1H3,(H,17,20)(H,18,21)/t11-,12-/m1/s1. The van der Waals surface area contributed by atoms with E-state index in [-0.39, 0.29) is 35.0 Å². The summed E-state index contributed by atoms with van der Waals surface area (Å²) in [5, 5.41) is 2.86. The molecule has 0 radical (unpaired) electrons. The van der Waals surface area contributed by atoms with Gasteiger partial charge in [-0.1, -0.05) is 13.3 Å². The van der Waals surface area contributed by atoms with Crippen LogP contribution in [0, 0.1) is 0 Å². The predicted octanol–water partition coefficient (Wildman–Crippen LogP) is 0.530. The van der Waals surface area contributed by atoms with Gasteiger partial charge in [0.2, 0.25) is 10.0 Å². The third-order valence-electron chi connectivity index (χ3n) is 4.03. The fraction of sp³-hybridized carbons (Fsp3) is 0.667. The van der Waals surface area contributed by atoms with Crippen molar-refractivity contribution in [2.24, 2.45) is 0 Å². The van der Waals surface area contributed by atoms with Crippen molar-refractivity contribution in [3.8, 4) is 0 Å². The van der Waals surface area contributed by atoms with Crippen LogP contribution in [0.1, 0.15) is 55.9 Å². The summed E-state index contributed by atoms with van der Waals surface area (Å²) in [6, 6.07) is -0.270. The van der Waals surface area contributed by atoms with Crippen LogP contribution in [-0.4, -0.2) is 42.1 Å². The van der Waals surface area contributed by atoms with Crippen LogP contribution >= 0.6 is 0 Å². The van der Waals surface area contributed by atoms with Crippen molar-refractivity contribution in [3.63, 3.8) is 0 Å². The highest BCUT2D eigenvalue weighted by Gasteiger charge is 2.26. The van der Waals surface area contributed by atoms with Crippen LogP contribution in [0.3, 0.4) is 0 Å². The molecule has 3 N–H and O–H groups in total. The van der Waals surface area contributed by atoms with Gasteiger partial charge in [-0.3, -0.25) is 9.59 Å². The number of amides is 1. The summed E-state index contributed by atoms with van der Waals surface area (Å²) >= 11 is 0. The molecular weight excluding hydrogens is 332 g/mol. The number of nitrogens with one attached hydrogen (secondary N) is 3. The molecule has 134 valence electrons. The Labute approximate surface area is 141 Å². The van der Waals surface area contributed by atoms with E-state index in [9.17, 15) is 18.0 Å². The van der Waals surface area contributed by atoms with E-state index in [2.05, 4.69) is 20.0 Å². The van der Waals surface area contributed by atoms with E-state index in [0.29, 0.717) is 12.8 Å². The van der Waals surface area contributed by atoms with Gasteiger partial charge in [0.15, 0.2) is 0 Å². The zero-order valence-electron chi connectivity index (χ0n) is 13.7. The van der Waals surface area contributed by atoms with Crippen molar-refractivity contribution in [1.82, 2.24) is 20.0 Å². The lowest BCUT2D eigenvalue weighted by Crippen LogP contribution is -2.46. The van der Waals surface area contributed by atoms with Crippen LogP contribution in [0.2, 0.25) is 0 Å². The van der Waals surface area contributed by atoms with E-state index >= 15 is 0 Å². The molecule has 1 fully saturated rings. The van der Waals surface area contributed by atoms with E-state index in [1.807, 2.05) is 6.92 Å². The number of nitrogens with zero attached hydrogens (tertiary/aromatic N) is 1. The SMILES string of the molecule is CCCCS(=O)(=O)N[C@@H]1CCC[C@@H](NC(=O)c2c[nH]c(=O)cn2)C1. The molecule has 0 unspecified atom stereocenters. The molecule has 2 atom stereocenters. The van der Waals surface area contributed by atoms with Crippen LogP contribution in [0.4, 0.5) is 0 Å². The largest absolute Gasteiger partial charge is 0.348 e. The highest BCUT2D eigenvalue weighted by molar-refractivity contribution is 7.89. The van der Waals surface area contributed by atoms with Crippen LogP contribution in [0.25, 0.3) is 0 Å². The molecule has 1 saturated carbocycles. The number of hydrogen-bond acceptors (Lipinski definition) is 5. The molecule has 0 bridgehead atoms. The first-order chi connectivity index (χ1) is 11.4. The quantitative estimate of drug-likeness (QED) is 0.658. The summed E-state index contributed by atoms with van der Waals surface area (Å²) in [5.74, 6) is -0.232. The fourth-order valence-corrected chi connectivity index (χ4v) is 4.31. The third-order valence-corrected chi connectivity index (χ3v) is 5.55. The van der Waals surface area contributed by atoms with Crippen LogP contribution in [0.5, 0.6) is 0 Å². The number of aromatic amines is 1. The summed E-state index contributed by atoms with van der Waals surface area (Å²) in [5.41, 5.74) is -0.231.